The quantitative estimate of drug-likeness (QED) is 0.837. The van der Waals surface area contributed by atoms with E-state index in [2.05, 4.69) is 12.2 Å². The fourth-order valence-electron chi connectivity index (χ4n) is 2.80. The third-order valence-corrected chi connectivity index (χ3v) is 5.94. The van der Waals surface area contributed by atoms with E-state index < -0.39 is 10.0 Å². The Morgan fingerprint density at radius 2 is 1.95 bits per heavy atom. The van der Waals surface area contributed by atoms with E-state index in [9.17, 15) is 13.2 Å². The number of nitrogens with one attached hydrogen (secondary N) is 1. The first-order valence-corrected chi connectivity index (χ1v) is 8.92. The van der Waals surface area contributed by atoms with Crippen LogP contribution >= 0.6 is 0 Å². The Bertz CT molecular complexity index is 628. The van der Waals surface area contributed by atoms with Crippen molar-refractivity contribution in [3.05, 3.63) is 29.8 Å². The zero-order valence-electron chi connectivity index (χ0n) is 13.0. The van der Waals surface area contributed by atoms with Gasteiger partial charge in [-0.05, 0) is 36.6 Å². The molecule has 0 aliphatic carbocycles. The summed E-state index contributed by atoms with van der Waals surface area (Å²) in [6.07, 6.45) is 1.93. The molecule has 1 heterocycles. The summed E-state index contributed by atoms with van der Waals surface area (Å²) >= 11 is 0. The fourth-order valence-corrected chi connectivity index (χ4v) is 4.33. The van der Waals surface area contributed by atoms with Crippen molar-refractivity contribution in [3.8, 4) is 0 Å². The molecular formula is C15H23N3O3S. The highest BCUT2D eigenvalue weighted by molar-refractivity contribution is 7.89. The van der Waals surface area contributed by atoms with Gasteiger partial charge in [-0.15, -0.1) is 0 Å². The molecule has 1 amide bonds. The van der Waals surface area contributed by atoms with E-state index >= 15 is 0 Å². The lowest BCUT2D eigenvalue weighted by Gasteiger charge is -2.16. The second kappa shape index (κ2) is 6.76. The largest absolute Gasteiger partial charge is 0.355 e. The minimum Gasteiger partial charge on any atom is -0.355 e. The van der Waals surface area contributed by atoms with Crippen LogP contribution in [0.1, 0.15) is 30.1 Å². The maximum absolute atomic E-state index is 12.7. The van der Waals surface area contributed by atoms with Crippen LogP contribution in [0.2, 0.25) is 0 Å². The van der Waals surface area contributed by atoms with E-state index in [1.807, 2.05) is 0 Å². The normalized spacial score (nSPS) is 22.7. The predicted octanol–water partition coefficient (Wildman–Crippen LogP) is 0.794. The van der Waals surface area contributed by atoms with Gasteiger partial charge in [0.05, 0.1) is 4.90 Å². The van der Waals surface area contributed by atoms with Crippen LogP contribution in [-0.4, -0.2) is 44.8 Å². The number of sulfonamides is 1. The van der Waals surface area contributed by atoms with Gasteiger partial charge in [0.15, 0.2) is 0 Å². The monoisotopic (exact) mass is 325 g/mol. The van der Waals surface area contributed by atoms with Crippen LogP contribution in [0.3, 0.4) is 0 Å². The van der Waals surface area contributed by atoms with Gasteiger partial charge in [-0.3, -0.25) is 4.79 Å². The molecule has 22 heavy (non-hydrogen) atoms. The minimum absolute atomic E-state index is 0.111. The standard InChI is InChI=1S/C15H23N3O3S/c1-3-4-12-9-18(10-14(12)16)22(20,21)13-7-5-11(6-8-13)15(19)17-2/h5-8,12,14H,3-4,9-10,16H2,1-2H3,(H,17,19)/t12-,14-/m1/s1. The molecule has 122 valence electrons. The summed E-state index contributed by atoms with van der Waals surface area (Å²) in [5.74, 6) is -0.0277. The Morgan fingerprint density at radius 3 is 2.50 bits per heavy atom. The highest BCUT2D eigenvalue weighted by atomic mass is 32.2. The maximum Gasteiger partial charge on any atom is 0.251 e. The first-order chi connectivity index (χ1) is 10.4. The Kier molecular flexibility index (Phi) is 5.20. The van der Waals surface area contributed by atoms with Crippen LogP contribution in [0.25, 0.3) is 0 Å². The van der Waals surface area contributed by atoms with Crippen LogP contribution in [0.15, 0.2) is 29.2 Å². The molecule has 0 aromatic heterocycles. The number of amides is 1. The van der Waals surface area contributed by atoms with E-state index in [4.69, 9.17) is 5.73 Å². The molecule has 3 N–H and O–H groups in total. The number of rotatable bonds is 5. The lowest BCUT2D eigenvalue weighted by Crippen LogP contribution is -2.32. The van der Waals surface area contributed by atoms with Gasteiger partial charge >= 0.3 is 0 Å². The van der Waals surface area contributed by atoms with Crippen molar-refractivity contribution in [1.82, 2.24) is 9.62 Å². The molecule has 0 bridgehead atoms. The van der Waals surface area contributed by atoms with E-state index in [-0.39, 0.29) is 22.8 Å². The smallest absolute Gasteiger partial charge is 0.251 e. The Morgan fingerprint density at radius 1 is 1.32 bits per heavy atom. The second-order valence-electron chi connectivity index (χ2n) is 5.64. The van der Waals surface area contributed by atoms with E-state index in [1.165, 1.54) is 35.6 Å². The van der Waals surface area contributed by atoms with Gasteiger partial charge in [0.2, 0.25) is 10.0 Å². The summed E-state index contributed by atoms with van der Waals surface area (Å²) in [5, 5.41) is 2.50. The van der Waals surface area contributed by atoms with Crippen LogP contribution in [0.5, 0.6) is 0 Å². The van der Waals surface area contributed by atoms with E-state index in [1.54, 1.807) is 0 Å². The Labute approximate surface area is 131 Å². The van der Waals surface area contributed by atoms with Crippen molar-refractivity contribution in [2.45, 2.75) is 30.7 Å². The number of carbonyl (C=O) groups is 1. The van der Waals surface area contributed by atoms with Gasteiger partial charge in [-0.1, -0.05) is 13.3 Å². The summed E-state index contributed by atoms with van der Waals surface area (Å²) < 4.78 is 26.8. The molecule has 1 fully saturated rings. The number of nitrogens with two attached hydrogens (primary N) is 1. The second-order valence-corrected chi connectivity index (χ2v) is 7.58. The summed E-state index contributed by atoms with van der Waals surface area (Å²) in [4.78, 5) is 11.7. The van der Waals surface area contributed by atoms with Crippen molar-refractivity contribution >= 4 is 15.9 Å². The van der Waals surface area contributed by atoms with Crippen LogP contribution < -0.4 is 11.1 Å². The minimum atomic E-state index is -3.55. The van der Waals surface area contributed by atoms with Gasteiger partial charge < -0.3 is 11.1 Å². The molecule has 1 aromatic rings. The average molecular weight is 325 g/mol. The first kappa shape index (κ1) is 16.9. The predicted molar refractivity (Wildman–Crippen MR) is 85.0 cm³/mol. The highest BCUT2D eigenvalue weighted by Crippen LogP contribution is 2.26. The first-order valence-electron chi connectivity index (χ1n) is 7.48. The zero-order chi connectivity index (χ0) is 16.3. The topological polar surface area (TPSA) is 92.5 Å². The number of benzene rings is 1. The summed E-state index contributed by atoms with van der Waals surface area (Å²) in [6.45, 7) is 2.89. The van der Waals surface area contributed by atoms with Crippen LogP contribution in [0.4, 0.5) is 0 Å². The molecule has 1 saturated heterocycles. The van der Waals surface area contributed by atoms with E-state index in [0.29, 0.717) is 18.7 Å². The number of carbonyl (C=O) groups excluding carboxylic acids is 1. The highest BCUT2D eigenvalue weighted by Gasteiger charge is 2.36. The summed E-state index contributed by atoms with van der Waals surface area (Å²) in [7, 11) is -2.02. The Balaban J connectivity index is 2.19. The molecule has 2 rings (SSSR count). The average Bonchev–Trinajstić information content (AvgIpc) is 2.89. The molecule has 0 radical (unpaired) electrons. The maximum atomic E-state index is 12.7. The molecule has 0 unspecified atom stereocenters. The van der Waals surface area contributed by atoms with Crippen molar-refractivity contribution in [2.75, 3.05) is 20.1 Å². The lowest BCUT2D eigenvalue weighted by atomic mass is 9.99. The van der Waals surface area contributed by atoms with Crippen molar-refractivity contribution in [1.29, 1.82) is 0 Å². The van der Waals surface area contributed by atoms with Crippen molar-refractivity contribution in [3.63, 3.8) is 0 Å². The third kappa shape index (κ3) is 3.31. The molecule has 7 heteroatoms. The van der Waals surface area contributed by atoms with E-state index in [0.717, 1.165) is 12.8 Å². The third-order valence-electron chi connectivity index (χ3n) is 4.10. The summed E-state index contributed by atoms with van der Waals surface area (Å²) in [5.41, 5.74) is 6.49. The van der Waals surface area contributed by atoms with Gasteiger partial charge in [0, 0.05) is 31.7 Å². The zero-order valence-corrected chi connectivity index (χ0v) is 13.8. The molecule has 2 atom stereocenters. The number of hydrogen-bond acceptors (Lipinski definition) is 4. The number of hydrogen-bond donors (Lipinski definition) is 2. The van der Waals surface area contributed by atoms with Crippen LogP contribution in [0, 0.1) is 5.92 Å². The molecule has 6 nitrogen and oxygen atoms in total. The van der Waals surface area contributed by atoms with Gasteiger partial charge in [0.1, 0.15) is 0 Å². The Hall–Kier alpha value is -1.44. The SMILES string of the molecule is CCC[C@@H]1CN(S(=O)(=O)c2ccc(C(=O)NC)cc2)C[C@H]1N. The van der Waals surface area contributed by atoms with Crippen molar-refractivity contribution < 1.29 is 13.2 Å². The number of nitrogens with zero attached hydrogens (tertiary/aromatic N) is 1. The molecule has 1 aliphatic heterocycles. The lowest BCUT2D eigenvalue weighted by molar-refractivity contribution is 0.0963. The van der Waals surface area contributed by atoms with Gasteiger partial charge in [0.25, 0.3) is 5.91 Å². The van der Waals surface area contributed by atoms with Crippen LogP contribution in [-0.2, 0) is 10.0 Å². The molecule has 0 spiro atoms. The molecule has 0 saturated carbocycles. The van der Waals surface area contributed by atoms with Gasteiger partial charge in [-0.25, -0.2) is 8.42 Å². The fraction of sp³-hybridized carbons (Fsp3) is 0.533. The molecular weight excluding hydrogens is 302 g/mol. The molecule has 1 aliphatic rings. The molecule has 1 aromatic carbocycles. The summed E-state index contributed by atoms with van der Waals surface area (Å²) in [6, 6.07) is 5.87. The van der Waals surface area contributed by atoms with Gasteiger partial charge in [-0.2, -0.15) is 4.31 Å². The van der Waals surface area contributed by atoms with Crippen molar-refractivity contribution in [2.24, 2.45) is 11.7 Å².